The maximum absolute atomic E-state index is 14.0. The van der Waals surface area contributed by atoms with E-state index in [1.165, 1.54) is 23.4 Å². The summed E-state index contributed by atoms with van der Waals surface area (Å²) in [5, 5.41) is 3.88. The molecule has 0 amide bonds. The first-order chi connectivity index (χ1) is 10.6. The van der Waals surface area contributed by atoms with Gasteiger partial charge in [0.2, 0.25) is 0 Å². The van der Waals surface area contributed by atoms with Crippen LogP contribution in [0.15, 0.2) is 30.9 Å². The quantitative estimate of drug-likeness (QED) is 0.798. The van der Waals surface area contributed by atoms with Gasteiger partial charge in [0.15, 0.2) is 5.60 Å². The number of carbonyl (C=O) groups excluding carboxylic acids is 2. The molecule has 0 spiro atoms. The average Bonchev–Trinajstić information content (AvgIpc) is 3.12. The van der Waals surface area contributed by atoms with Gasteiger partial charge in [-0.15, -0.1) is 0 Å². The Kier molecular flexibility index (Phi) is 4.44. The molecule has 9 heteroatoms. The normalized spacial score (nSPS) is 19.8. The Labute approximate surface area is 123 Å². The number of halogens is 2. The number of rotatable bonds is 3. The van der Waals surface area contributed by atoms with Crippen LogP contribution in [0, 0.1) is 11.6 Å². The van der Waals surface area contributed by atoms with Crippen molar-refractivity contribution in [1.29, 1.82) is 0 Å². The summed E-state index contributed by atoms with van der Waals surface area (Å²) in [4.78, 5) is 23.0. The molecular formula is C13H11F2N3O4. The van der Waals surface area contributed by atoms with E-state index in [4.69, 9.17) is 14.3 Å². The molecule has 7 nitrogen and oxygen atoms in total. The molecule has 22 heavy (non-hydrogen) atoms. The molecule has 2 heterocycles. The van der Waals surface area contributed by atoms with Crippen LogP contribution in [0.5, 0.6) is 0 Å². The second-order valence-corrected chi connectivity index (χ2v) is 4.35. The highest BCUT2D eigenvalue weighted by Crippen LogP contribution is 2.35. The summed E-state index contributed by atoms with van der Waals surface area (Å²) < 4.78 is 38.2. The first kappa shape index (κ1) is 15.5. The molecule has 3 rings (SSSR count). The van der Waals surface area contributed by atoms with Crippen molar-refractivity contribution in [1.82, 2.24) is 14.8 Å². The fourth-order valence-electron chi connectivity index (χ4n) is 2.12. The molecule has 0 aliphatic carbocycles. The molecule has 1 fully saturated rings. The van der Waals surface area contributed by atoms with Crippen molar-refractivity contribution in [3.8, 4) is 0 Å². The number of nitrogens with zero attached hydrogens (tertiary/aromatic N) is 3. The average molecular weight is 311 g/mol. The number of aromatic nitrogens is 3. The van der Waals surface area contributed by atoms with Crippen LogP contribution < -0.4 is 0 Å². The predicted octanol–water partition coefficient (Wildman–Crippen LogP) is 1.43. The minimum Gasteiger partial charge on any atom is -0.430 e. The van der Waals surface area contributed by atoms with E-state index in [-0.39, 0.29) is 18.7 Å². The summed E-state index contributed by atoms with van der Waals surface area (Å²) in [7, 11) is 0. The minimum absolute atomic E-state index is 0.0152. The van der Waals surface area contributed by atoms with Crippen molar-refractivity contribution in [3.05, 3.63) is 48.1 Å². The number of hydrogen-bond acceptors (Lipinski definition) is 6. The zero-order valence-corrected chi connectivity index (χ0v) is 11.2. The van der Waals surface area contributed by atoms with Crippen molar-refractivity contribution in [2.75, 3.05) is 6.61 Å². The monoisotopic (exact) mass is 311 g/mol. The van der Waals surface area contributed by atoms with Gasteiger partial charge in [0.25, 0.3) is 0 Å². The lowest BCUT2D eigenvalue weighted by atomic mass is 9.94. The summed E-state index contributed by atoms with van der Waals surface area (Å²) >= 11 is 0. The topological polar surface area (TPSA) is 83.3 Å². The Bertz CT molecular complexity index is 665. The Balaban J connectivity index is 0.000000847. The standard InChI is InChI=1S/C12H9F2N3O3.CH2O/c13-8-1-2-9(10(14)3-8)12(5-19-11(18)20-12)4-17-7-15-6-16-17;1-2/h1-3,6-7H,4-5H2;1H2. The molecular weight excluding hydrogens is 300 g/mol. The van der Waals surface area contributed by atoms with Crippen molar-refractivity contribution < 1.29 is 27.8 Å². The van der Waals surface area contributed by atoms with Crippen LogP contribution in [0.3, 0.4) is 0 Å². The Morgan fingerprint density at radius 2 is 2.14 bits per heavy atom. The van der Waals surface area contributed by atoms with Crippen molar-refractivity contribution in [3.63, 3.8) is 0 Å². The lowest BCUT2D eigenvalue weighted by Crippen LogP contribution is -2.35. The van der Waals surface area contributed by atoms with Gasteiger partial charge < -0.3 is 14.3 Å². The summed E-state index contributed by atoms with van der Waals surface area (Å²) in [6, 6.07) is 3.04. The summed E-state index contributed by atoms with van der Waals surface area (Å²) in [6.45, 7) is 1.83. The number of hydrogen-bond donors (Lipinski definition) is 0. The SMILES string of the molecule is C=O.O=C1OCC(Cn2cncn2)(c2ccc(F)cc2F)O1. The van der Waals surface area contributed by atoms with Gasteiger partial charge in [-0.05, 0) is 12.1 Å². The summed E-state index contributed by atoms with van der Waals surface area (Å²) in [5.74, 6) is -1.53. The van der Waals surface area contributed by atoms with Crippen molar-refractivity contribution >= 4 is 12.9 Å². The van der Waals surface area contributed by atoms with Crippen LogP contribution in [0.4, 0.5) is 13.6 Å². The van der Waals surface area contributed by atoms with Gasteiger partial charge in [0, 0.05) is 11.6 Å². The zero-order chi connectivity index (χ0) is 16.2. The molecule has 1 saturated heterocycles. The molecule has 1 aliphatic heterocycles. The van der Waals surface area contributed by atoms with E-state index in [0.29, 0.717) is 0 Å². The molecule has 1 aromatic heterocycles. The van der Waals surface area contributed by atoms with E-state index in [0.717, 1.165) is 12.1 Å². The van der Waals surface area contributed by atoms with Gasteiger partial charge in [-0.2, -0.15) is 5.10 Å². The lowest BCUT2D eigenvalue weighted by molar-refractivity contribution is -0.0980. The molecule has 1 aliphatic rings. The van der Waals surface area contributed by atoms with Crippen LogP contribution in [0.1, 0.15) is 5.56 Å². The summed E-state index contributed by atoms with van der Waals surface area (Å²) in [6.07, 6.45) is 1.79. The first-order valence-electron chi connectivity index (χ1n) is 6.02. The van der Waals surface area contributed by atoms with Gasteiger partial charge in [-0.3, -0.25) is 0 Å². The molecule has 1 aromatic carbocycles. The van der Waals surface area contributed by atoms with Crippen molar-refractivity contribution in [2.45, 2.75) is 12.1 Å². The molecule has 0 radical (unpaired) electrons. The zero-order valence-electron chi connectivity index (χ0n) is 11.2. The van der Waals surface area contributed by atoms with Gasteiger partial charge in [-0.1, -0.05) is 0 Å². The lowest BCUT2D eigenvalue weighted by Gasteiger charge is -2.25. The minimum atomic E-state index is -1.39. The molecule has 0 saturated carbocycles. The Morgan fingerprint density at radius 3 is 2.68 bits per heavy atom. The van der Waals surface area contributed by atoms with Crippen LogP contribution in [0.25, 0.3) is 0 Å². The highest BCUT2D eigenvalue weighted by molar-refractivity contribution is 5.63. The fourth-order valence-corrected chi connectivity index (χ4v) is 2.12. The fraction of sp³-hybridized carbons (Fsp3) is 0.231. The number of cyclic esters (lactones) is 2. The molecule has 2 aromatic rings. The van der Waals surface area contributed by atoms with E-state index >= 15 is 0 Å². The van der Waals surface area contributed by atoms with E-state index in [9.17, 15) is 13.6 Å². The van der Waals surface area contributed by atoms with E-state index in [1.807, 2.05) is 6.79 Å². The van der Waals surface area contributed by atoms with E-state index in [2.05, 4.69) is 10.1 Å². The largest absolute Gasteiger partial charge is 0.509 e. The first-order valence-corrected chi connectivity index (χ1v) is 6.02. The van der Waals surface area contributed by atoms with Crippen molar-refractivity contribution in [2.24, 2.45) is 0 Å². The van der Waals surface area contributed by atoms with E-state index in [1.54, 1.807) is 0 Å². The van der Waals surface area contributed by atoms with E-state index < -0.39 is 23.4 Å². The van der Waals surface area contributed by atoms with Crippen LogP contribution >= 0.6 is 0 Å². The Hall–Kier alpha value is -2.84. The third kappa shape index (κ3) is 2.92. The van der Waals surface area contributed by atoms with Gasteiger partial charge in [-0.25, -0.2) is 23.2 Å². The Morgan fingerprint density at radius 1 is 1.36 bits per heavy atom. The molecule has 116 valence electrons. The highest BCUT2D eigenvalue weighted by Gasteiger charge is 2.46. The number of benzene rings is 1. The van der Waals surface area contributed by atoms with Crippen LogP contribution in [0.2, 0.25) is 0 Å². The van der Waals surface area contributed by atoms with Gasteiger partial charge in [0.05, 0.1) is 6.54 Å². The molecule has 0 N–H and O–H groups in total. The highest BCUT2D eigenvalue weighted by atomic mass is 19.1. The predicted molar refractivity (Wildman–Crippen MR) is 67.6 cm³/mol. The van der Waals surface area contributed by atoms with Gasteiger partial charge >= 0.3 is 6.16 Å². The maximum atomic E-state index is 14.0. The summed E-state index contributed by atoms with van der Waals surface area (Å²) in [5.41, 5.74) is -1.36. The third-order valence-corrected chi connectivity index (χ3v) is 3.01. The maximum Gasteiger partial charge on any atom is 0.509 e. The smallest absolute Gasteiger partial charge is 0.430 e. The molecule has 1 atom stereocenters. The second-order valence-electron chi connectivity index (χ2n) is 4.35. The molecule has 1 unspecified atom stereocenters. The van der Waals surface area contributed by atoms with Crippen LogP contribution in [-0.2, 0) is 26.4 Å². The number of carbonyl (C=O) groups is 2. The second kappa shape index (κ2) is 6.29. The third-order valence-electron chi connectivity index (χ3n) is 3.01. The van der Waals surface area contributed by atoms with Crippen LogP contribution in [-0.4, -0.2) is 34.3 Å². The molecule has 0 bridgehead atoms. The number of ether oxygens (including phenoxy) is 2. The van der Waals surface area contributed by atoms with Gasteiger partial charge in [0.1, 0.15) is 37.7 Å².